The Bertz CT molecular complexity index is 205. The molecule has 86 valence electrons. The van der Waals surface area contributed by atoms with Gasteiger partial charge in [0.25, 0.3) is 0 Å². The van der Waals surface area contributed by atoms with Gasteiger partial charge in [-0.05, 0) is 6.42 Å². The summed E-state index contributed by atoms with van der Waals surface area (Å²) in [5.41, 5.74) is 0. The molecule has 0 aliphatic rings. The molecular formula is C7H13F3O3P-. The molecule has 0 aromatic rings. The molecule has 0 amide bonds. The Morgan fingerprint density at radius 3 is 2.36 bits per heavy atom. The van der Waals surface area contributed by atoms with Gasteiger partial charge in [-0.25, -0.2) is 0 Å². The van der Waals surface area contributed by atoms with Gasteiger partial charge in [0.05, 0.1) is 6.61 Å². The van der Waals surface area contributed by atoms with Crippen LogP contribution in [0.1, 0.15) is 26.2 Å². The Labute approximate surface area is 80.8 Å². The van der Waals surface area contributed by atoms with E-state index >= 15 is 0 Å². The molecule has 0 saturated carbocycles. The van der Waals surface area contributed by atoms with E-state index in [0.717, 1.165) is 12.8 Å². The second-order valence-corrected chi connectivity index (χ2v) is 4.72. The van der Waals surface area contributed by atoms with E-state index < -0.39 is 19.9 Å². The maximum absolute atomic E-state index is 11.7. The molecule has 1 atom stereocenters. The van der Waals surface area contributed by atoms with Crippen molar-refractivity contribution in [3.8, 4) is 0 Å². The highest BCUT2D eigenvalue weighted by molar-refractivity contribution is 7.51. The van der Waals surface area contributed by atoms with Crippen LogP contribution in [-0.2, 0) is 9.09 Å². The minimum atomic E-state index is -4.73. The Hall–Kier alpha value is -0.0600. The average molecular weight is 233 g/mol. The first-order chi connectivity index (χ1) is 6.27. The highest BCUT2D eigenvalue weighted by Crippen LogP contribution is 2.42. The molecule has 14 heavy (non-hydrogen) atoms. The van der Waals surface area contributed by atoms with Crippen molar-refractivity contribution in [2.45, 2.75) is 32.4 Å². The largest absolute Gasteiger partial charge is 0.778 e. The van der Waals surface area contributed by atoms with Gasteiger partial charge in [-0.3, -0.25) is 0 Å². The first-order valence-electron chi connectivity index (χ1n) is 4.28. The van der Waals surface area contributed by atoms with Crippen LogP contribution in [0.15, 0.2) is 0 Å². The molecule has 7 heteroatoms. The summed E-state index contributed by atoms with van der Waals surface area (Å²) >= 11 is 0. The number of unbranched alkanes of at least 4 members (excludes halogenated alkanes) is 2. The highest BCUT2D eigenvalue weighted by atomic mass is 31.2. The van der Waals surface area contributed by atoms with Gasteiger partial charge < -0.3 is 14.0 Å². The van der Waals surface area contributed by atoms with E-state index in [4.69, 9.17) is 0 Å². The molecular weight excluding hydrogens is 220 g/mol. The van der Waals surface area contributed by atoms with Gasteiger partial charge in [-0.2, -0.15) is 13.2 Å². The fourth-order valence-electron chi connectivity index (χ4n) is 0.821. The van der Waals surface area contributed by atoms with E-state index in [-0.39, 0.29) is 6.61 Å². The summed E-state index contributed by atoms with van der Waals surface area (Å²) in [4.78, 5) is 10.7. The molecule has 0 N–H and O–H groups in total. The predicted molar refractivity (Wildman–Crippen MR) is 44.0 cm³/mol. The van der Waals surface area contributed by atoms with E-state index in [2.05, 4.69) is 4.52 Å². The van der Waals surface area contributed by atoms with Gasteiger partial charge in [0.1, 0.15) is 13.8 Å². The Morgan fingerprint density at radius 1 is 1.36 bits per heavy atom. The molecule has 0 heterocycles. The maximum Gasteiger partial charge on any atom is 0.396 e. The standard InChI is InChI=1S/C7H14F3O3P/c1-2-3-4-5-13-14(11,12)6-7(8,9)10/h2-6H2,1H3,(H,11,12)/p-1. The molecule has 3 nitrogen and oxygen atoms in total. The molecule has 0 bridgehead atoms. The fraction of sp³-hybridized carbons (Fsp3) is 1.00. The normalized spacial score (nSPS) is 16.6. The SMILES string of the molecule is CCCCCOP(=O)([O-])CC(F)(F)F. The van der Waals surface area contributed by atoms with Crippen molar-refractivity contribution < 1.29 is 27.2 Å². The smallest absolute Gasteiger partial charge is 0.396 e. The van der Waals surface area contributed by atoms with Crippen molar-refractivity contribution in [1.82, 2.24) is 0 Å². The summed E-state index contributed by atoms with van der Waals surface area (Å²) in [6.07, 6.45) is -4.55. The second kappa shape index (κ2) is 5.73. The summed E-state index contributed by atoms with van der Waals surface area (Å²) in [6.45, 7) is 1.73. The van der Waals surface area contributed by atoms with Crippen LogP contribution in [0.3, 0.4) is 0 Å². The second-order valence-electron chi connectivity index (χ2n) is 2.92. The number of hydrogen-bond donors (Lipinski definition) is 0. The summed E-state index contributed by atoms with van der Waals surface area (Å²) < 4.78 is 49.9. The lowest BCUT2D eigenvalue weighted by atomic mass is 10.3. The van der Waals surface area contributed by atoms with Gasteiger partial charge in [-0.15, -0.1) is 0 Å². The lowest BCUT2D eigenvalue weighted by molar-refractivity contribution is -0.208. The van der Waals surface area contributed by atoms with Crippen molar-refractivity contribution in [3.63, 3.8) is 0 Å². The van der Waals surface area contributed by atoms with Crippen LogP contribution in [0.2, 0.25) is 0 Å². The van der Waals surface area contributed by atoms with Gasteiger partial charge in [0, 0.05) is 0 Å². The molecule has 0 aromatic carbocycles. The third-order valence-corrected chi connectivity index (χ3v) is 2.73. The van der Waals surface area contributed by atoms with Crippen molar-refractivity contribution in [3.05, 3.63) is 0 Å². The number of halogens is 3. The predicted octanol–water partition coefficient (Wildman–Crippen LogP) is 2.31. The van der Waals surface area contributed by atoms with Gasteiger partial charge >= 0.3 is 6.18 Å². The molecule has 0 saturated heterocycles. The molecule has 0 aliphatic heterocycles. The zero-order valence-corrected chi connectivity index (χ0v) is 8.74. The summed E-state index contributed by atoms with van der Waals surface area (Å²) in [7, 11) is -4.73. The zero-order chi connectivity index (χ0) is 11.2. The van der Waals surface area contributed by atoms with Crippen molar-refractivity contribution in [1.29, 1.82) is 0 Å². The first-order valence-corrected chi connectivity index (χ1v) is 6.01. The third kappa shape index (κ3) is 8.53. The third-order valence-electron chi connectivity index (χ3n) is 1.41. The Balaban J connectivity index is 3.79. The average Bonchev–Trinajstić information content (AvgIpc) is 1.93. The Kier molecular flexibility index (Phi) is 5.71. The molecule has 0 rings (SSSR count). The van der Waals surface area contributed by atoms with Crippen LogP contribution in [-0.4, -0.2) is 18.9 Å². The van der Waals surface area contributed by atoms with Crippen LogP contribution in [0.25, 0.3) is 0 Å². The maximum atomic E-state index is 11.7. The summed E-state index contributed by atoms with van der Waals surface area (Å²) in [5.74, 6) is 0. The number of alkyl halides is 3. The molecule has 0 aliphatic carbocycles. The Morgan fingerprint density at radius 2 is 1.93 bits per heavy atom. The minimum Gasteiger partial charge on any atom is -0.778 e. The molecule has 0 spiro atoms. The molecule has 0 radical (unpaired) electrons. The molecule has 0 aromatic heterocycles. The van der Waals surface area contributed by atoms with Crippen molar-refractivity contribution in [2.24, 2.45) is 0 Å². The van der Waals surface area contributed by atoms with Gasteiger partial charge in [0.15, 0.2) is 0 Å². The van der Waals surface area contributed by atoms with Crippen molar-refractivity contribution >= 4 is 7.60 Å². The fourth-order valence-corrected chi connectivity index (χ4v) is 1.76. The van der Waals surface area contributed by atoms with Crippen molar-refractivity contribution in [2.75, 3.05) is 12.8 Å². The van der Waals surface area contributed by atoms with E-state index in [1.165, 1.54) is 0 Å². The lowest BCUT2D eigenvalue weighted by Crippen LogP contribution is -2.21. The van der Waals surface area contributed by atoms with E-state index in [0.29, 0.717) is 6.42 Å². The highest BCUT2D eigenvalue weighted by Gasteiger charge is 2.33. The molecule has 1 unspecified atom stereocenters. The van der Waals surface area contributed by atoms with E-state index in [9.17, 15) is 22.6 Å². The summed E-state index contributed by atoms with van der Waals surface area (Å²) in [6, 6.07) is 0. The first kappa shape index (κ1) is 13.9. The zero-order valence-electron chi connectivity index (χ0n) is 7.84. The van der Waals surface area contributed by atoms with Crippen LogP contribution >= 0.6 is 7.60 Å². The number of hydrogen-bond acceptors (Lipinski definition) is 3. The quantitative estimate of drug-likeness (QED) is 0.522. The number of rotatable bonds is 6. The van der Waals surface area contributed by atoms with Gasteiger partial charge in [0.2, 0.25) is 0 Å². The van der Waals surface area contributed by atoms with Crippen LogP contribution in [0.4, 0.5) is 13.2 Å². The lowest BCUT2D eigenvalue weighted by Gasteiger charge is -2.24. The van der Waals surface area contributed by atoms with E-state index in [1.54, 1.807) is 0 Å². The van der Waals surface area contributed by atoms with Crippen LogP contribution < -0.4 is 4.89 Å². The van der Waals surface area contributed by atoms with Gasteiger partial charge in [-0.1, -0.05) is 19.8 Å². The van der Waals surface area contributed by atoms with Crippen LogP contribution in [0.5, 0.6) is 0 Å². The van der Waals surface area contributed by atoms with E-state index in [1.807, 2.05) is 6.92 Å². The summed E-state index contributed by atoms with van der Waals surface area (Å²) in [5, 5.41) is 0. The minimum absolute atomic E-state index is 0.162. The monoisotopic (exact) mass is 233 g/mol. The van der Waals surface area contributed by atoms with Crippen LogP contribution in [0, 0.1) is 0 Å². The topological polar surface area (TPSA) is 49.4 Å². The molecule has 0 fully saturated rings.